The van der Waals surface area contributed by atoms with Crippen LogP contribution in [0.1, 0.15) is 22.8 Å². The summed E-state index contributed by atoms with van der Waals surface area (Å²) in [5, 5.41) is 20.7. The molecule has 0 aliphatic carbocycles. The van der Waals surface area contributed by atoms with Crippen molar-refractivity contribution in [3.63, 3.8) is 0 Å². The first kappa shape index (κ1) is 29.7. The highest BCUT2D eigenvalue weighted by molar-refractivity contribution is 7.66. The van der Waals surface area contributed by atoms with Crippen LogP contribution in [0.15, 0.2) is 40.1 Å². The average Bonchev–Trinajstić information content (AvgIpc) is 3.01. The molecule has 17 nitrogen and oxygen atoms in total. The molecule has 1 aromatic heterocycles. The maximum atomic E-state index is 12.4. The number of nitrogens with one attached hydrogen (secondary N) is 1. The summed E-state index contributed by atoms with van der Waals surface area (Å²) in [5.74, 6) is 0. The molecule has 2 aromatic rings. The van der Waals surface area contributed by atoms with E-state index in [0.717, 1.165) is 16.3 Å². The summed E-state index contributed by atoms with van der Waals surface area (Å²) in [5.41, 5.74) is -0.259. The van der Waals surface area contributed by atoms with E-state index in [9.17, 15) is 43.3 Å². The first-order valence-electron chi connectivity index (χ1n) is 10.2. The Morgan fingerprint density at radius 2 is 1.59 bits per heavy atom. The molecule has 0 amide bonds. The zero-order valence-corrected chi connectivity index (χ0v) is 21.4. The minimum absolute atomic E-state index is 0.0454. The molecule has 6 atom stereocenters. The van der Waals surface area contributed by atoms with Crippen molar-refractivity contribution in [3.05, 3.63) is 68.0 Å². The fraction of sp³-hybridized carbons (Fsp3) is 0.412. The number of aliphatic hydroxyl groups is 2. The van der Waals surface area contributed by atoms with Gasteiger partial charge in [-0.3, -0.25) is 18.9 Å². The number of ether oxygens (including phenoxy) is 1. The summed E-state index contributed by atoms with van der Waals surface area (Å²) in [6.07, 6.45) is -5.60. The standard InChI is InChI=1S/C17H23N2O15P3/c1-9-2-4-10(5-3-9)6-19-7-11(16(22)18-17(19)23)15-14(21)13(20)12(32-15)8-31-36(27,28)34-37(29,30)33-35(24,25)26/h2-5,7,12-15,20-21H,6,8H2,1H3,(H,27,28)(H,29,30)(H,18,22,23)(H2,24,25,26)/t12-,13-,14-,15+/m1/s1. The topological polar surface area (TPSA) is 264 Å². The fourth-order valence-corrected chi connectivity index (χ4v) is 6.38. The van der Waals surface area contributed by atoms with Crippen LogP contribution in [0.5, 0.6) is 0 Å². The lowest BCUT2D eigenvalue weighted by molar-refractivity contribution is -0.0228. The van der Waals surface area contributed by atoms with Gasteiger partial charge in [0.2, 0.25) is 0 Å². The molecular formula is C17H23N2O15P3. The van der Waals surface area contributed by atoms with Gasteiger partial charge in [-0.2, -0.15) is 8.62 Å². The lowest BCUT2D eigenvalue weighted by Crippen LogP contribution is -2.36. The predicted octanol–water partition coefficient (Wildman–Crippen LogP) is -0.602. The van der Waals surface area contributed by atoms with Crippen LogP contribution in [0.25, 0.3) is 0 Å². The van der Waals surface area contributed by atoms with Crippen molar-refractivity contribution >= 4 is 23.5 Å². The molecule has 0 spiro atoms. The first-order valence-corrected chi connectivity index (χ1v) is 14.7. The molecule has 37 heavy (non-hydrogen) atoms. The van der Waals surface area contributed by atoms with Crippen LogP contribution in [-0.4, -0.2) is 64.3 Å². The minimum Gasteiger partial charge on any atom is -0.387 e. The van der Waals surface area contributed by atoms with Gasteiger partial charge in [-0.05, 0) is 12.5 Å². The van der Waals surface area contributed by atoms with Crippen LogP contribution in [0, 0.1) is 6.92 Å². The number of rotatable bonds is 10. The highest BCUT2D eigenvalue weighted by atomic mass is 31.3. The number of aromatic nitrogens is 2. The summed E-state index contributed by atoms with van der Waals surface area (Å²) in [6.45, 7) is 0.863. The van der Waals surface area contributed by atoms with Gasteiger partial charge in [0.15, 0.2) is 0 Å². The van der Waals surface area contributed by atoms with E-state index in [4.69, 9.17) is 14.5 Å². The van der Waals surface area contributed by atoms with Gasteiger partial charge >= 0.3 is 29.2 Å². The molecule has 1 aromatic carbocycles. The molecule has 2 heterocycles. The monoisotopic (exact) mass is 588 g/mol. The Morgan fingerprint density at radius 3 is 2.19 bits per heavy atom. The van der Waals surface area contributed by atoms with E-state index in [1.807, 2.05) is 19.1 Å². The van der Waals surface area contributed by atoms with Crippen molar-refractivity contribution in [3.8, 4) is 0 Å². The average molecular weight is 588 g/mol. The molecule has 3 rings (SSSR count). The molecule has 20 heteroatoms. The Hall–Kier alpha value is -1.81. The van der Waals surface area contributed by atoms with E-state index in [2.05, 4.69) is 18.1 Å². The van der Waals surface area contributed by atoms with E-state index in [0.29, 0.717) is 5.56 Å². The Labute approximate surface area is 207 Å². The minimum atomic E-state index is -5.76. The van der Waals surface area contributed by atoms with Gasteiger partial charge in [0.1, 0.15) is 24.4 Å². The molecular weight excluding hydrogens is 565 g/mol. The van der Waals surface area contributed by atoms with E-state index < -0.39 is 65.7 Å². The number of H-pyrrole nitrogens is 1. The number of phosphoric acid groups is 3. The van der Waals surface area contributed by atoms with E-state index in [1.54, 1.807) is 12.1 Å². The number of nitrogens with zero attached hydrogens (tertiary/aromatic N) is 1. The number of hydrogen-bond acceptors (Lipinski definition) is 11. The fourth-order valence-electron chi connectivity index (χ4n) is 3.35. The summed E-state index contributed by atoms with van der Waals surface area (Å²) in [6, 6.07) is 7.15. The Balaban J connectivity index is 1.74. The summed E-state index contributed by atoms with van der Waals surface area (Å²) < 4.78 is 52.1. The van der Waals surface area contributed by atoms with Gasteiger partial charge < -0.3 is 34.5 Å². The number of benzene rings is 1. The summed E-state index contributed by atoms with van der Waals surface area (Å²) >= 11 is 0. The molecule has 0 bridgehead atoms. The van der Waals surface area contributed by atoms with Gasteiger partial charge in [0.25, 0.3) is 5.56 Å². The van der Waals surface area contributed by atoms with E-state index in [-0.39, 0.29) is 12.1 Å². The number of phosphoric ester groups is 1. The largest absolute Gasteiger partial charge is 0.490 e. The molecule has 7 N–H and O–H groups in total. The maximum absolute atomic E-state index is 12.4. The molecule has 0 saturated carbocycles. The Bertz CT molecular complexity index is 1380. The lowest BCUT2D eigenvalue weighted by atomic mass is 10.0. The highest BCUT2D eigenvalue weighted by Gasteiger charge is 2.47. The second-order valence-electron chi connectivity index (χ2n) is 7.92. The molecule has 2 unspecified atom stereocenters. The molecule has 1 aliphatic heterocycles. The molecule has 206 valence electrons. The predicted molar refractivity (Wildman–Crippen MR) is 121 cm³/mol. The quantitative estimate of drug-likeness (QED) is 0.171. The van der Waals surface area contributed by atoms with Crippen molar-refractivity contribution < 1.29 is 61.4 Å². The number of aryl methyl sites for hydroxylation is 1. The third-order valence-corrected chi connectivity index (χ3v) is 8.80. The third kappa shape index (κ3) is 8.09. The Morgan fingerprint density at radius 1 is 0.973 bits per heavy atom. The molecule has 1 fully saturated rings. The lowest BCUT2D eigenvalue weighted by Gasteiger charge is -2.19. The van der Waals surface area contributed by atoms with E-state index in [1.165, 1.54) is 0 Å². The molecule has 1 saturated heterocycles. The number of aromatic amines is 1. The van der Waals surface area contributed by atoms with Crippen molar-refractivity contribution in [1.29, 1.82) is 0 Å². The zero-order valence-electron chi connectivity index (χ0n) is 18.8. The van der Waals surface area contributed by atoms with Crippen molar-refractivity contribution in [2.24, 2.45) is 0 Å². The third-order valence-electron chi connectivity index (χ3n) is 5.00. The van der Waals surface area contributed by atoms with Crippen LogP contribution in [0.2, 0.25) is 0 Å². The number of aliphatic hydroxyl groups excluding tert-OH is 2. The van der Waals surface area contributed by atoms with Crippen LogP contribution in [-0.2, 0) is 38.1 Å². The molecule has 1 aliphatic rings. The molecule has 0 radical (unpaired) electrons. The van der Waals surface area contributed by atoms with Gasteiger partial charge in [0, 0.05) is 6.20 Å². The van der Waals surface area contributed by atoms with Crippen LogP contribution in [0.4, 0.5) is 0 Å². The van der Waals surface area contributed by atoms with Crippen LogP contribution >= 0.6 is 23.5 Å². The van der Waals surface area contributed by atoms with Crippen LogP contribution < -0.4 is 11.2 Å². The summed E-state index contributed by atoms with van der Waals surface area (Å²) in [4.78, 5) is 62.6. The van der Waals surface area contributed by atoms with E-state index >= 15 is 0 Å². The normalized spacial score (nSPS) is 25.5. The maximum Gasteiger partial charge on any atom is 0.490 e. The Kier molecular flexibility index (Phi) is 8.94. The second-order valence-corrected chi connectivity index (χ2v) is 12.3. The highest BCUT2D eigenvalue weighted by Crippen LogP contribution is 2.66. The van der Waals surface area contributed by atoms with Gasteiger partial charge in [0.05, 0.1) is 18.7 Å². The smallest absolute Gasteiger partial charge is 0.387 e. The van der Waals surface area contributed by atoms with Crippen LogP contribution in [0.3, 0.4) is 0 Å². The van der Waals surface area contributed by atoms with Gasteiger partial charge in [-0.25, -0.2) is 18.5 Å². The SMILES string of the molecule is Cc1ccc(Cn2cc([C@@H]3O[C@H](COP(=O)(O)OP(=O)(O)OP(=O)(O)O)[C@@H](O)[C@H]3O)c(=O)[nH]c2=O)cc1. The van der Waals surface area contributed by atoms with Crippen molar-refractivity contribution in [2.45, 2.75) is 37.9 Å². The second kappa shape index (κ2) is 11.1. The zero-order chi connectivity index (χ0) is 27.8. The van der Waals surface area contributed by atoms with Gasteiger partial charge in [-0.15, -0.1) is 0 Å². The van der Waals surface area contributed by atoms with Crippen molar-refractivity contribution in [2.75, 3.05) is 6.61 Å². The number of hydrogen-bond donors (Lipinski definition) is 7. The van der Waals surface area contributed by atoms with Crippen molar-refractivity contribution in [1.82, 2.24) is 9.55 Å². The first-order chi connectivity index (χ1) is 17.0. The van der Waals surface area contributed by atoms with Gasteiger partial charge in [-0.1, -0.05) is 29.8 Å². The summed E-state index contributed by atoms with van der Waals surface area (Å²) in [7, 11) is -16.9.